The third kappa shape index (κ3) is 6.71. The van der Waals surface area contributed by atoms with Gasteiger partial charge in [-0.3, -0.25) is 24.1 Å². The van der Waals surface area contributed by atoms with Crippen LogP contribution in [0.5, 0.6) is 11.5 Å². The summed E-state index contributed by atoms with van der Waals surface area (Å²) in [4.78, 5) is 53.7. The molecule has 37 heavy (non-hydrogen) atoms. The predicted molar refractivity (Wildman–Crippen MR) is 141 cm³/mol. The Morgan fingerprint density at radius 1 is 1.00 bits per heavy atom. The molecule has 2 fully saturated rings. The Balaban J connectivity index is 1.47. The van der Waals surface area contributed by atoms with Gasteiger partial charge < -0.3 is 19.7 Å². The molecule has 0 bridgehead atoms. The number of likely N-dealkylation sites (tertiary alicyclic amines) is 1. The fourth-order valence-corrected chi connectivity index (χ4v) is 4.98. The highest BCUT2D eigenvalue weighted by Crippen LogP contribution is 2.37. The number of thioether (sulfide) groups is 1. The topological polar surface area (TPSA) is 105 Å². The first kappa shape index (κ1) is 26.3. The first-order valence-corrected chi connectivity index (χ1v) is 13.0. The van der Waals surface area contributed by atoms with E-state index in [0.29, 0.717) is 30.1 Å². The van der Waals surface area contributed by atoms with E-state index in [0.717, 1.165) is 42.3 Å². The van der Waals surface area contributed by atoms with Gasteiger partial charge in [0.2, 0.25) is 5.91 Å². The third-order valence-electron chi connectivity index (χ3n) is 6.05. The Bertz CT molecular complexity index is 1190. The fourth-order valence-electron chi connectivity index (χ4n) is 4.15. The maximum atomic E-state index is 13.1. The van der Waals surface area contributed by atoms with E-state index in [-0.39, 0.29) is 35.6 Å². The van der Waals surface area contributed by atoms with E-state index in [1.165, 1.54) is 13.2 Å². The standard InChI is InChI=1S/C27H29N3O6S/c1-35-21-13-9-10-19(25(21)36-18-23(31)28-20-11-5-4-6-12-20)16-22-26(33)30(27(34)37-22)17-24(32)29-14-7-2-3-8-15-29/h4-6,9-13,16H,2-3,7-8,14-15,17-18H2,1H3,(H,28,31). The smallest absolute Gasteiger partial charge is 0.294 e. The number of methoxy groups -OCH3 is 1. The number of hydrogen-bond acceptors (Lipinski definition) is 7. The zero-order valence-corrected chi connectivity index (χ0v) is 21.4. The number of carbonyl (C=O) groups excluding carboxylic acids is 4. The number of ether oxygens (including phenoxy) is 2. The summed E-state index contributed by atoms with van der Waals surface area (Å²) in [6.45, 7) is 0.728. The second-order valence-electron chi connectivity index (χ2n) is 8.64. The highest BCUT2D eigenvalue weighted by atomic mass is 32.2. The van der Waals surface area contributed by atoms with Crippen molar-refractivity contribution in [3.05, 3.63) is 59.0 Å². The number of hydrogen-bond donors (Lipinski definition) is 1. The summed E-state index contributed by atoms with van der Waals surface area (Å²) in [6, 6.07) is 14.1. The molecule has 0 radical (unpaired) electrons. The average molecular weight is 524 g/mol. The summed E-state index contributed by atoms with van der Waals surface area (Å²) in [5.74, 6) is -0.484. The highest BCUT2D eigenvalue weighted by Gasteiger charge is 2.37. The van der Waals surface area contributed by atoms with Crippen LogP contribution in [0.15, 0.2) is 53.4 Å². The van der Waals surface area contributed by atoms with Crippen LogP contribution < -0.4 is 14.8 Å². The van der Waals surface area contributed by atoms with Gasteiger partial charge in [0, 0.05) is 24.3 Å². The van der Waals surface area contributed by atoms with Crippen molar-refractivity contribution in [3.63, 3.8) is 0 Å². The summed E-state index contributed by atoms with van der Waals surface area (Å²) >= 11 is 0.770. The normalized spacial score (nSPS) is 17.1. The van der Waals surface area contributed by atoms with Crippen LogP contribution in [0.25, 0.3) is 6.08 Å². The number of carbonyl (C=O) groups is 4. The lowest BCUT2D eigenvalue weighted by Crippen LogP contribution is -2.42. The molecule has 0 aromatic heterocycles. The zero-order chi connectivity index (χ0) is 26.2. The molecule has 1 N–H and O–H groups in total. The van der Waals surface area contributed by atoms with Gasteiger partial charge in [0.1, 0.15) is 6.54 Å². The molecule has 10 heteroatoms. The molecule has 2 aliphatic heterocycles. The Morgan fingerprint density at radius 2 is 1.73 bits per heavy atom. The largest absolute Gasteiger partial charge is 0.493 e. The van der Waals surface area contributed by atoms with Gasteiger partial charge >= 0.3 is 0 Å². The highest BCUT2D eigenvalue weighted by molar-refractivity contribution is 8.18. The molecule has 4 amide bonds. The lowest BCUT2D eigenvalue weighted by Gasteiger charge is -2.22. The Morgan fingerprint density at radius 3 is 2.43 bits per heavy atom. The lowest BCUT2D eigenvalue weighted by molar-refractivity contribution is -0.135. The minimum Gasteiger partial charge on any atom is -0.493 e. The monoisotopic (exact) mass is 523 g/mol. The minimum absolute atomic E-state index is 0.167. The van der Waals surface area contributed by atoms with Crippen LogP contribution in [0.2, 0.25) is 0 Å². The first-order chi connectivity index (χ1) is 18.0. The van der Waals surface area contributed by atoms with E-state index in [1.807, 2.05) is 18.2 Å². The van der Waals surface area contributed by atoms with Crippen LogP contribution in [-0.2, 0) is 14.4 Å². The lowest BCUT2D eigenvalue weighted by atomic mass is 10.1. The molecule has 0 saturated carbocycles. The second-order valence-corrected chi connectivity index (χ2v) is 9.64. The molecule has 2 aromatic rings. The number of amides is 4. The average Bonchev–Trinajstić information content (AvgIpc) is 3.08. The fraction of sp³-hybridized carbons (Fsp3) is 0.333. The summed E-state index contributed by atoms with van der Waals surface area (Å²) in [7, 11) is 1.47. The third-order valence-corrected chi connectivity index (χ3v) is 6.95. The first-order valence-electron chi connectivity index (χ1n) is 12.1. The Hall–Kier alpha value is -3.79. The zero-order valence-electron chi connectivity index (χ0n) is 20.6. The molecule has 9 nitrogen and oxygen atoms in total. The molecule has 194 valence electrons. The molecular formula is C27H29N3O6S. The molecule has 2 aromatic carbocycles. The van der Waals surface area contributed by atoms with Crippen molar-refractivity contribution in [1.29, 1.82) is 0 Å². The summed E-state index contributed by atoms with van der Waals surface area (Å²) < 4.78 is 11.2. The van der Waals surface area contributed by atoms with E-state index in [1.54, 1.807) is 35.2 Å². The summed E-state index contributed by atoms with van der Waals surface area (Å²) in [6.07, 6.45) is 5.53. The van der Waals surface area contributed by atoms with Crippen molar-refractivity contribution in [2.75, 3.05) is 38.7 Å². The molecular weight excluding hydrogens is 494 g/mol. The number of anilines is 1. The minimum atomic E-state index is -0.534. The van der Waals surface area contributed by atoms with Crippen molar-refractivity contribution in [2.45, 2.75) is 25.7 Å². The maximum Gasteiger partial charge on any atom is 0.294 e. The van der Waals surface area contributed by atoms with Gasteiger partial charge in [-0.05, 0) is 48.9 Å². The van der Waals surface area contributed by atoms with E-state index >= 15 is 0 Å². The number of nitrogens with one attached hydrogen (secondary N) is 1. The van der Waals surface area contributed by atoms with E-state index in [2.05, 4.69) is 5.32 Å². The van der Waals surface area contributed by atoms with Crippen LogP contribution in [0.3, 0.4) is 0 Å². The van der Waals surface area contributed by atoms with Crippen molar-refractivity contribution in [1.82, 2.24) is 9.80 Å². The van der Waals surface area contributed by atoms with Crippen molar-refractivity contribution in [3.8, 4) is 11.5 Å². The molecule has 0 unspecified atom stereocenters. The molecule has 0 aliphatic carbocycles. The molecule has 2 heterocycles. The Labute approximate surface area is 219 Å². The molecule has 2 aliphatic rings. The van der Waals surface area contributed by atoms with E-state index in [4.69, 9.17) is 9.47 Å². The Kier molecular flexibility index (Phi) is 8.84. The number of benzene rings is 2. The van der Waals surface area contributed by atoms with Gasteiger partial charge in [0.05, 0.1) is 12.0 Å². The summed E-state index contributed by atoms with van der Waals surface area (Å²) in [5, 5.41) is 2.25. The maximum absolute atomic E-state index is 13.1. The van der Waals surface area contributed by atoms with Gasteiger partial charge in [-0.15, -0.1) is 0 Å². The number of rotatable bonds is 8. The van der Waals surface area contributed by atoms with Gasteiger partial charge in [-0.1, -0.05) is 43.2 Å². The van der Waals surface area contributed by atoms with Crippen molar-refractivity contribution < 1.29 is 28.7 Å². The number of nitrogens with zero attached hydrogens (tertiary/aromatic N) is 2. The van der Waals surface area contributed by atoms with E-state index in [9.17, 15) is 19.2 Å². The van der Waals surface area contributed by atoms with Crippen LogP contribution in [-0.4, -0.2) is 66.1 Å². The van der Waals surface area contributed by atoms with Crippen LogP contribution >= 0.6 is 11.8 Å². The molecule has 2 saturated heterocycles. The quantitative estimate of drug-likeness (QED) is 0.518. The number of para-hydroxylation sites is 2. The van der Waals surface area contributed by atoms with Gasteiger partial charge in [0.15, 0.2) is 18.1 Å². The number of imide groups is 1. The van der Waals surface area contributed by atoms with E-state index < -0.39 is 11.1 Å². The van der Waals surface area contributed by atoms with Crippen molar-refractivity contribution in [2.24, 2.45) is 0 Å². The van der Waals surface area contributed by atoms with Crippen LogP contribution in [0.4, 0.5) is 10.5 Å². The molecule has 0 spiro atoms. The molecule has 4 rings (SSSR count). The van der Waals surface area contributed by atoms with Crippen LogP contribution in [0, 0.1) is 0 Å². The van der Waals surface area contributed by atoms with Gasteiger partial charge in [-0.2, -0.15) is 0 Å². The SMILES string of the molecule is COc1cccc(C=C2SC(=O)N(CC(=O)N3CCCCCC3)C2=O)c1OCC(=O)Nc1ccccc1. The second kappa shape index (κ2) is 12.4. The molecule has 0 atom stereocenters. The van der Waals surface area contributed by atoms with Gasteiger partial charge in [-0.25, -0.2) is 0 Å². The van der Waals surface area contributed by atoms with Crippen molar-refractivity contribution >= 4 is 46.5 Å². The predicted octanol–water partition coefficient (Wildman–Crippen LogP) is 4.15. The van der Waals surface area contributed by atoms with Crippen LogP contribution in [0.1, 0.15) is 31.2 Å². The van der Waals surface area contributed by atoms with Gasteiger partial charge in [0.25, 0.3) is 17.1 Å². The summed E-state index contributed by atoms with van der Waals surface area (Å²) in [5.41, 5.74) is 1.11.